The standard InChI is InChI=1S/C16H23FN4/c1-3-9-18-11-13(14-7-5-6-8-15(14)17)10-16-19-12-20-21(16)4-2/h5-8,12-13,18H,3-4,9-11H2,1-2H3. The molecular weight excluding hydrogens is 267 g/mol. The first-order valence-corrected chi connectivity index (χ1v) is 7.58. The maximum atomic E-state index is 14.1. The van der Waals surface area contributed by atoms with Crippen molar-refractivity contribution < 1.29 is 4.39 Å². The molecule has 0 amide bonds. The average molecular weight is 290 g/mol. The van der Waals surface area contributed by atoms with Crippen LogP contribution in [-0.4, -0.2) is 27.9 Å². The van der Waals surface area contributed by atoms with Gasteiger partial charge in [-0.25, -0.2) is 9.37 Å². The Bertz CT molecular complexity index is 553. The number of hydrogen-bond acceptors (Lipinski definition) is 3. The fourth-order valence-electron chi connectivity index (χ4n) is 2.48. The third-order valence-electron chi connectivity index (χ3n) is 3.59. The lowest BCUT2D eigenvalue weighted by molar-refractivity contribution is 0.512. The van der Waals surface area contributed by atoms with Crippen LogP contribution in [-0.2, 0) is 13.0 Å². The summed E-state index contributed by atoms with van der Waals surface area (Å²) in [6.45, 7) is 6.61. The van der Waals surface area contributed by atoms with Crippen LogP contribution >= 0.6 is 0 Å². The normalized spacial score (nSPS) is 12.5. The van der Waals surface area contributed by atoms with Crippen LogP contribution in [0.3, 0.4) is 0 Å². The molecule has 0 fully saturated rings. The Labute approximate surface area is 125 Å². The highest BCUT2D eigenvalue weighted by atomic mass is 19.1. The predicted molar refractivity (Wildman–Crippen MR) is 81.7 cm³/mol. The zero-order chi connectivity index (χ0) is 15.1. The molecule has 0 aliphatic rings. The molecule has 1 aromatic heterocycles. The molecule has 5 heteroatoms. The molecule has 2 aromatic rings. The van der Waals surface area contributed by atoms with Crippen molar-refractivity contribution in [1.29, 1.82) is 0 Å². The molecule has 1 N–H and O–H groups in total. The summed E-state index contributed by atoms with van der Waals surface area (Å²) in [6.07, 6.45) is 3.32. The van der Waals surface area contributed by atoms with Gasteiger partial charge in [0.2, 0.25) is 0 Å². The molecule has 0 saturated heterocycles. The number of hydrogen-bond donors (Lipinski definition) is 1. The van der Waals surface area contributed by atoms with E-state index in [1.54, 1.807) is 12.4 Å². The molecule has 1 aromatic carbocycles. The minimum Gasteiger partial charge on any atom is -0.316 e. The molecule has 0 aliphatic heterocycles. The Morgan fingerprint density at radius 3 is 2.81 bits per heavy atom. The summed E-state index contributed by atoms with van der Waals surface area (Å²) in [5, 5.41) is 7.58. The SMILES string of the molecule is CCCNCC(Cc1ncnn1CC)c1ccccc1F. The zero-order valence-corrected chi connectivity index (χ0v) is 12.7. The van der Waals surface area contributed by atoms with E-state index in [-0.39, 0.29) is 11.7 Å². The van der Waals surface area contributed by atoms with Crippen LogP contribution in [0.2, 0.25) is 0 Å². The van der Waals surface area contributed by atoms with Crippen LogP contribution < -0.4 is 5.32 Å². The highest BCUT2D eigenvalue weighted by molar-refractivity contribution is 5.23. The van der Waals surface area contributed by atoms with Gasteiger partial charge in [-0.1, -0.05) is 25.1 Å². The van der Waals surface area contributed by atoms with Gasteiger partial charge in [-0.05, 0) is 31.5 Å². The van der Waals surface area contributed by atoms with Crippen molar-refractivity contribution in [3.63, 3.8) is 0 Å². The van der Waals surface area contributed by atoms with E-state index in [1.807, 2.05) is 23.7 Å². The van der Waals surface area contributed by atoms with Crippen molar-refractivity contribution >= 4 is 0 Å². The van der Waals surface area contributed by atoms with Gasteiger partial charge >= 0.3 is 0 Å². The first kappa shape index (κ1) is 15.6. The molecule has 114 valence electrons. The van der Waals surface area contributed by atoms with Gasteiger partial charge in [0.05, 0.1) is 0 Å². The van der Waals surface area contributed by atoms with E-state index in [0.717, 1.165) is 37.4 Å². The van der Waals surface area contributed by atoms with Crippen molar-refractivity contribution in [2.75, 3.05) is 13.1 Å². The van der Waals surface area contributed by atoms with Gasteiger partial charge in [-0.2, -0.15) is 5.10 Å². The van der Waals surface area contributed by atoms with Crippen LogP contribution in [0.15, 0.2) is 30.6 Å². The Kier molecular flexibility index (Phi) is 5.87. The summed E-state index contributed by atoms with van der Waals surface area (Å²) < 4.78 is 16.0. The number of nitrogens with one attached hydrogen (secondary N) is 1. The van der Waals surface area contributed by atoms with Gasteiger partial charge in [0.1, 0.15) is 18.0 Å². The molecule has 0 spiro atoms. The minimum atomic E-state index is -0.150. The summed E-state index contributed by atoms with van der Waals surface area (Å²) in [5.41, 5.74) is 0.742. The Balaban J connectivity index is 2.18. The topological polar surface area (TPSA) is 42.7 Å². The first-order chi connectivity index (χ1) is 10.3. The molecule has 21 heavy (non-hydrogen) atoms. The fraction of sp³-hybridized carbons (Fsp3) is 0.500. The quantitative estimate of drug-likeness (QED) is 0.760. The van der Waals surface area contributed by atoms with Crippen LogP contribution in [0.4, 0.5) is 4.39 Å². The van der Waals surface area contributed by atoms with Crippen molar-refractivity contribution in [2.24, 2.45) is 0 Å². The zero-order valence-electron chi connectivity index (χ0n) is 12.7. The molecule has 0 saturated carbocycles. The highest BCUT2D eigenvalue weighted by Gasteiger charge is 2.18. The van der Waals surface area contributed by atoms with Gasteiger partial charge in [-0.3, -0.25) is 4.68 Å². The number of aromatic nitrogens is 3. The van der Waals surface area contributed by atoms with Crippen LogP contribution in [0, 0.1) is 5.82 Å². The number of nitrogens with zero attached hydrogens (tertiary/aromatic N) is 3. The van der Waals surface area contributed by atoms with Crippen molar-refractivity contribution in [1.82, 2.24) is 20.1 Å². The number of rotatable bonds is 8. The van der Waals surface area contributed by atoms with Crippen molar-refractivity contribution in [2.45, 2.75) is 39.2 Å². The Morgan fingerprint density at radius 1 is 1.29 bits per heavy atom. The molecule has 0 radical (unpaired) electrons. The monoisotopic (exact) mass is 290 g/mol. The van der Waals surface area contributed by atoms with Crippen molar-refractivity contribution in [3.8, 4) is 0 Å². The number of aryl methyl sites for hydroxylation is 1. The highest BCUT2D eigenvalue weighted by Crippen LogP contribution is 2.22. The van der Waals surface area contributed by atoms with E-state index in [1.165, 1.54) is 6.07 Å². The third-order valence-corrected chi connectivity index (χ3v) is 3.59. The van der Waals surface area contributed by atoms with Gasteiger partial charge in [0.25, 0.3) is 0 Å². The summed E-state index contributed by atoms with van der Waals surface area (Å²) in [5.74, 6) is 0.819. The van der Waals surface area contributed by atoms with E-state index in [4.69, 9.17) is 0 Å². The lowest BCUT2D eigenvalue weighted by atomic mass is 9.94. The van der Waals surface area contributed by atoms with Gasteiger partial charge in [0, 0.05) is 25.4 Å². The molecule has 1 heterocycles. The predicted octanol–water partition coefficient (Wildman–Crippen LogP) is 2.76. The Morgan fingerprint density at radius 2 is 2.10 bits per heavy atom. The summed E-state index contributed by atoms with van der Waals surface area (Å²) in [7, 11) is 0. The number of benzene rings is 1. The molecular formula is C16H23FN4. The molecule has 2 rings (SSSR count). The summed E-state index contributed by atoms with van der Waals surface area (Å²) in [6, 6.07) is 6.99. The third kappa shape index (κ3) is 4.11. The van der Waals surface area contributed by atoms with E-state index < -0.39 is 0 Å². The maximum absolute atomic E-state index is 14.1. The second kappa shape index (κ2) is 7.88. The van der Waals surface area contributed by atoms with E-state index in [9.17, 15) is 4.39 Å². The van der Waals surface area contributed by atoms with E-state index in [2.05, 4.69) is 22.3 Å². The van der Waals surface area contributed by atoms with Gasteiger partial charge < -0.3 is 5.32 Å². The Hall–Kier alpha value is -1.75. The lowest BCUT2D eigenvalue weighted by Crippen LogP contribution is -2.25. The molecule has 0 aliphatic carbocycles. The summed E-state index contributed by atoms with van der Waals surface area (Å²) >= 11 is 0. The van der Waals surface area contributed by atoms with Gasteiger partial charge in [-0.15, -0.1) is 0 Å². The molecule has 4 nitrogen and oxygen atoms in total. The second-order valence-electron chi connectivity index (χ2n) is 5.12. The fourth-order valence-corrected chi connectivity index (χ4v) is 2.48. The van der Waals surface area contributed by atoms with Crippen molar-refractivity contribution in [3.05, 3.63) is 47.8 Å². The first-order valence-electron chi connectivity index (χ1n) is 7.58. The average Bonchev–Trinajstić information content (AvgIpc) is 2.94. The molecule has 0 bridgehead atoms. The van der Waals surface area contributed by atoms with Crippen LogP contribution in [0.5, 0.6) is 0 Å². The van der Waals surface area contributed by atoms with E-state index in [0.29, 0.717) is 6.42 Å². The second-order valence-corrected chi connectivity index (χ2v) is 5.12. The van der Waals surface area contributed by atoms with E-state index >= 15 is 0 Å². The molecule has 1 unspecified atom stereocenters. The minimum absolute atomic E-state index is 0.0623. The maximum Gasteiger partial charge on any atom is 0.138 e. The smallest absolute Gasteiger partial charge is 0.138 e. The largest absolute Gasteiger partial charge is 0.316 e. The number of halogens is 1. The van der Waals surface area contributed by atoms with Crippen LogP contribution in [0.1, 0.15) is 37.6 Å². The lowest BCUT2D eigenvalue weighted by Gasteiger charge is -2.18. The van der Waals surface area contributed by atoms with Gasteiger partial charge in [0.15, 0.2) is 0 Å². The molecule has 1 atom stereocenters. The summed E-state index contributed by atoms with van der Waals surface area (Å²) in [4.78, 5) is 4.31. The van der Waals surface area contributed by atoms with Crippen LogP contribution in [0.25, 0.3) is 0 Å².